The molecule has 3 N–H and O–H groups in total. The highest BCUT2D eigenvalue weighted by atomic mass is 31.1. The van der Waals surface area contributed by atoms with E-state index in [1.165, 1.54) is 6.07 Å². The van der Waals surface area contributed by atoms with Crippen LogP contribution in [0, 0.1) is 6.92 Å². The third-order valence-electron chi connectivity index (χ3n) is 5.09. The van der Waals surface area contributed by atoms with Crippen LogP contribution in [0.1, 0.15) is 35.1 Å². The summed E-state index contributed by atoms with van der Waals surface area (Å²) >= 11 is 0. The number of aliphatic hydroxyl groups excluding tert-OH is 1. The van der Waals surface area contributed by atoms with Crippen molar-refractivity contribution in [2.24, 2.45) is 5.73 Å². The van der Waals surface area contributed by atoms with Gasteiger partial charge in [0, 0.05) is 0 Å². The SMILES string of the molecule is Cc1ccccc1CCCOc1ccc(CCC(N)(CO)COP=O)cc1C(F)(F)F. The number of alkyl halides is 3. The molecule has 1 unspecified atom stereocenters. The molecule has 31 heavy (non-hydrogen) atoms. The van der Waals surface area contributed by atoms with Crippen LogP contribution in [-0.2, 0) is 28.1 Å². The van der Waals surface area contributed by atoms with Gasteiger partial charge in [0.2, 0.25) is 0 Å². The molecule has 0 amide bonds. The first-order chi connectivity index (χ1) is 14.7. The van der Waals surface area contributed by atoms with Crippen LogP contribution < -0.4 is 10.5 Å². The van der Waals surface area contributed by atoms with Gasteiger partial charge in [-0.05, 0) is 61.4 Å². The highest BCUT2D eigenvalue weighted by Gasteiger charge is 2.35. The van der Waals surface area contributed by atoms with Crippen LogP contribution in [0.4, 0.5) is 13.2 Å². The number of nitrogens with two attached hydrogens (primary N) is 1. The zero-order valence-electron chi connectivity index (χ0n) is 17.3. The monoisotopic (exact) mass is 457 g/mol. The van der Waals surface area contributed by atoms with Crippen LogP contribution in [0.15, 0.2) is 42.5 Å². The molecule has 0 fully saturated rings. The maximum Gasteiger partial charge on any atom is 0.419 e. The van der Waals surface area contributed by atoms with Crippen molar-refractivity contribution >= 4 is 8.69 Å². The first-order valence-electron chi connectivity index (χ1n) is 9.90. The van der Waals surface area contributed by atoms with Crippen LogP contribution in [0.3, 0.4) is 0 Å². The number of aliphatic hydroxyl groups is 1. The summed E-state index contributed by atoms with van der Waals surface area (Å²) in [6.45, 7) is 1.54. The van der Waals surface area contributed by atoms with Crippen molar-refractivity contribution in [1.29, 1.82) is 0 Å². The topological polar surface area (TPSA) is 81.8 Å². The molecule has 2 rings (SSSR count). The Labute approximate surface area is 181 Å². The van der Waals surface area contributed by atoms with E-state index in [2.05, 4.69) is 0 Å². The number of benzene rings is 2. The summed E-state index contributed by atoms with van der Waals surface area (Å²) < 4.78 is 61.3. The fraction of sp³-hybridized carbons (Fsp3) is 0.455. The molecule has 170 valence electrons. The number of halogens is 3. The summed E-state index contributed by atoms with van der Waals surface area (Å²) in [4.78, 5) is 0. The highest BCUT2D eigenvalue weighted by molar-refractivity contribution is 7.17. The third-order valence-corrected chi connectivity index (χ3v) is 5.32. The van der Waals surface area contributed by atoms with Gasteiger partial charge < -0.3 is 15.6 Å². The summed E-state index contributed by atoms with van der Waals surface area (Å²) in [6.07, 6.45) is -2.91. The Balaban J connectivity index is 2.02. The van der Waals surface area contributed by atoms with E-state index in [1.54, 1.807) is 6.07 Å². The normalized spacial score (nSPS) is 13.9. The Morgan fingerprint density at radius 3 is 2.52 bits per heavy atom. The second-order valence-electron chi connectivity index (χ2n) is 7.58. The number of hydrogen-bond acceptors (Lipinski definition) is 5. The molecule has 0 aromatic heterocycles. The van der Waals surface area contributed by atoms with E-state index in [9.17, 15) is 22.8 Å². The molecule has 0 bridgehead atoms. The molecular weight excluding hydrogens is 430 g/mol. The fourth-order valence-electron chi connectivity index (χ4n) is 3.16. The molecule has 0 aliphatic carbocycles. The van der Waals surface area contributed by atoms with Gasteiger partial charge >= 0.3 is 14.9 Å². The van der Waals surface area contributed by atoms with Crippen LogP contribution in [0.2, 0.25) is 0 Å². The van der Waals surface area contributed by atoms with Crippen molar-refractivity contribution in [2.75, 3.05) is 19.8 Å². The summed E-state index contributed by atoms with van der Waals surface area (Å²) in [7, 11) is -0.574. The van der Waals surface area contributed by atoms with Crippen LogP contribution in [0.5, 0.6) is 5.75 Å². The van der Waals surface area contributed by atoms with E-state index in [0.29, 0.717) is 12.0 Å². The Kier molecular flexibility index (Phi) is 9.44. The first kappa shape index (κ1) is 25.3. The summed E-state index contributed by atoms with van der Waals surface area (Å²) in [6, 6.07) is 11.8. The zero-order chi connectivity index (χ0) is 22.9. The van der Waals surface area contributed by atoms with Crippen LogP contribution in [-0.4, -0.2) is 30.5 Å². The molecule has 0 saturated heterocycles. The van der Waals surface area contributed by atoms with Gasteiger partial charge in [0.1, 0.15) is 5.75 Å². The van der Waals surface area contributed by atoms with E-state index in [4.69, 9.17) is 15.0 Å². The largest absolute Gasteiger partial charge is 0.493 e. The van der Waals surface area contributed by atoms with Crippen molar-refractivity contribution < 1.29 is 32.1 Å². The molecule has 0 saturated carbocycles. The lowest BCUT2D eigenvalue weighted by molar-refractivity contribution is -0.139. The standard InChI is InChI=1S/C22H27F3NO4P/c1-16-5-2-3-6-18(16)7-4-12-29-20-9-8-17(13-19(20)22(23,24)25)10-11-21(26,14-27)15-30-31-28/h2-3,5-6,8-9,13,27H,4,7,10-12,14-15,26H2,1H3. The lowest BCUT2D eigenvalue weighted by Crippen LogP contribution is -2.47. The molecule has 0 spiro atoms. The Hall–Kier alpha value is -1.99. The van der Waals surface area contributed by atoms with E-state index >= 15 is 0 Å². The average Bonchev–Trinajstić information content (AvgIpc) is 2.74. The molecular formula is C22H27F3NO4P. The van der Waals surface area contributed by atoms with Crippen LogP contribution >= 0.6 is 8.69 Å². The lowest BCUT2D eigenvalue weighted by atomic mass is 9.93. The van der Waals surface area contributed by atoms with Crippen LogP contribution in [0.25, 0.3) is 0 Å². The molecule has 0 aliphatic heterocycles. The predicted molar refractivity (Wildman–Crippen MR) is 112 cm³/mol. The second-order valence-corrected chi connectivity index (χ2v) is 7.98. The minimum atomic E-state index is -4.57. The van der Waals surface area contributed by atoms with E-state index in [1.807, 2.05) is 31.2 Å². The second kappa shape index (κ2) is 11.6. The first-order valence-corrected chi connectivity index (χ1v) is 10.6. The van der Waals surface area contributed by atoms with Crippen molar-refractivity contribution in [2.45, 2.75) is 44.3 Å². The van der Waals surface area contributed by atoms with Crippen molar-refractivity contribution in [3.05, 3.63) is 64.7 Å². The average molecular weight is 457 g/mol. The van der Waals surface area contributed by atoms with Gasteiger partial charge in [-0.25, -0.2) is 4.57 Å². The number of hydrogen-bond donors (Lipinski definition) is 2. The van der Waals surface area contributed by atoms with Crippen molar-refractivity contribution in [3.63, 3.8) is 0 Å². The number of aryl methyl sites for hydroxylation is 3. The minimum Gasteiger partial charge on any atom is -0.493 e. The molecule has 2 aromatic carbocycles. The van der Waals surface area contributed by atoms with Gasteiger partial charge in [-0.15, -0.1) is 0 Å². The lowest BCUT2D eigenvalue weighted by Gasteiger charge is -2.25. The number of ether oxygens (including phenoxy) is 1. The van der Waals surface area contributed by atoms with Gasteiger partial charge in [0.05, 0.1) is 30.9 Å². The highest BCUT2D eigenvalue weighted by Crippen LogP contribution is 2.37. The minimum absolute atomic E-state index is 0.160. The van der Waals surface area contributed by atoms with Gasteiger partial charge in [0.15, 0.2) is 0 Å². The third kappa shape index (κ3) is 7.89. The molecule has 0 heterocycles. The molecule has 0 aliphatic rings. The molecule has 1 atom stereocenters. The maximum absolute atomic E-state index is 13.6. The van der Waals surface area contributed by atoms with Crippen molar-refractivity contribution in [3.8, 4) is 5.75 Å². The van der Waals surface area contributed by atoms with Gasteiger partial charge in [-0.3, -0.25) is 4.52 Å². The summed E-state index contributed by atoms with van der Waals surface area (Å²) in [5, 5.41) is 9.43. The van der Waals surface area contributed by atoms with Crippen molar-refractivity contribution in [1.82, 2.24) is 0 Å². The Bertz CT molecular complexity index is 863. The molecule has 5 nitrogen and oxygen atoms in total. The van der Waals surface area contributed by atoms with Gasteiger partial charge in [-0.2, -0.15) is 13.2 Å². The quantitative estimate of drug-likeness (QED) is 0.351. The fourth-order valence-corrected chi connectivity index (χ4v) is 3.47. The van der Waals surface area contributed by atoms with E-state index in [0.717, 1.165) is 23.6 Å². The number of rotatable bonds is 12. The zero-order valence-corrected chi connectivity index (χ0v) is 18.2. The summed E-state index contributed by atoms with van der Waals surface area (Å²) in [5.74, 6) is -0.212. The molecule has 2 aromatic rings. The van der Waals surface area contributed by atoms with E-state index in [-0.39, 0.29) is 31.8 Å². The van der Waals surface area contributed by atoms with Gasteiger partial charge in [-0.1, -0.05) is 30.3 Å². The summed E-state index contributed by atoms with van der Waals surface area (Å²) in [5.41, 5.74) is 6.61. The Morgan fingerprint density at radius 2 is 1.87 bits per heavy atom. The smallest absolute Gasteiger partial charge is 0.419 e. The Morgan fingerprint density at radius 1 is 1.13 bits per heavy atom. The molecule has 0 radical (unpaired) electrons. The predicted octanol–water partition coefficient (Wildman–Crippen LogP) is 4.87. The maximum atomic E-state index is 13.6. The van der Waals surface area contributed by atoms with Gasteiger partial charge in [0.25, 0.3) is 0 Å². The van der Waals surface area contributed by atoms with E-state index < -0.39 is 32.6 Å². The molecule has 9 heteroatoms.